The highest BCUT2D eigenvalue weighted by Crippen LogP contribution is 2.27. The van der Waals surface area contributed by atoms with Crippen LogP contribution in [0.3, 0.4) is 0 Å². The fourth-order valence-electron chi connectivity index (χ4n) is 2.65. The van der Waals surface area contributed by atoms with Gasteiger partial charge in [-0.05, 0) is 12.5 Å². The van der Waals surface area contributed by atoms with Crippen molar-refractivity contribution >= 4 is 22.6 Å². The molecule has 1 atom stereocenters. The number of methoxy groups -OCH3 is 1. The van der Waals surface area contributed by atoms with Crippen LogP contribution in [0.4, 0.5) is 8.78 Å². The van der Waals surface area contributed by atoms with Gasteiger partial charge in [-0.1, -0.05) is 13.3 Å². The zero-order chi connectivity index (χ0) is 15.4. The predicted octanol–water partition coefficient (Wildman–Crippen LogP) is 4.08. The monoisotopic (exact) mass is 316 g/mol. The van der Waals surface area contributed by atoms with Crippen molar-refractivity contribution in [1.82, 2.24) is 9.55 Å². The predicted molar refractivity (Wildman–Crippen MR) is 79.9 cm³/mol. The van der Waals surface area contributed by atoms with Gasteiger partial charge in [-0.15, -0.1) is 11.6 Å². The van der Waals surface area contributed by atoms with E-state index in [2.05, 4.69) is 11.9 Å². The van der Waals surface area contributed by atoms with E-state index in [1.165, 1.54) is 6.07 Å². The van der Waals surface area contributed by atoms with Gasteiger partial charge in [0.05, 0.1) is 18.2 Å². The second-order valence-electron chi connectivity index (χ2n) is 4.99. The zero-order valence-corrected chi connectivity index (χ0v) is 13.0. The molecule has 116 valence electrons. The minimum Gasteiger partial charge on any atom is -0.383 e. The lowest BCUT2D eigenvalue weighted by Gasteiger charge is -2.20. The Hall–Kier alpha value is -1.20. The van der Waals surface area contributed by atoms with Gasteiger partial charge in [0.1, 0.15) is 17.2 Å². The second kappa shape index (κ2) is 7.18. The largest absolute Gasteiger partial charge is 0.383 e. The third-order valence-electron chi connectivity index (χ3n) is 3.45. The normalized spacial score (nSPS) is 13.0. The number of benzene rings is 1. The zero-order valence-electron chi connectivity index (χ0n) is 12.2. The molecular weight excluding hydrogens is 298 g/mol. The Morgan fingerprint density at radius 2 is 2.14 bits per heavy atom. The highest BCUT2D eigenvalue weighted by atomic mass is 35.5. The molecule has 1 unspecified atom stereocenters. The van der Waals surface area contributed by atoms with Crippen LogP contribution in [0.5, 0.6) is 0 Å². The molecule has 0 N–H and O–H groups in total. The van der Waals surface area contributed by atoms with E-state index in [-0.39, 0.29) is 11.6 Å². The summed E-state index contributed by atoms with van der Waals surface area (Å²) < 4.78 is 34.6. The quantitative estimate of drug-likeness (QED) is 0.720. The molecule has 0 saturated carbocycles. The number of ether oxygens (including phenoxy) is 1. The molecule has 0 radical (unpaired) electrons. The Morgan fingerprint density at radius 3 is 2.76 bits per heavy atom. The molecule has 1 heterocycles. The summed E-state index contributed by atoms with van der Waals surface area (Å²) in [6, 6.07) is 2.17. The van der Waals surface area contributed by atoms with Crippen molar-refractivity contribution in [3.05, 3.63) is 29.6 Å². The van der Waals surface area contributed by atoms with Crippen LogP contribution < -0.4 is 0 Å². The lowest BCUT2D eigenvalue weighted by molar-refractivity contribution is 0.151. The van der Waals surface area contributed by atoms with Gasteiger partial charge >= 0.3 is 0 Å². The summed E-state index contributed by atoms with van der Waals surface area (Å²) in [5, 5.41) is 0. The molecule has 0 aliphatic rings. The number of hydrogen-bond acceptors (Lipinski definition) is 2. The van der Waals surface area contributed by atoms with Crippen LogP contribution >= 0.6 is 11.6 Å². The number of alkyl halides is 1. The van der Waals surface area contributed by atoms with E-state index in [1.807, 2.05) is 4.57 Å². The number of hydrogen-bond donors (Lipinski definition) is 0. The second-order valence-corrected chi connectivity index (χ2v) is 5.37. The number of nitrogens with zero attached hydrogens (tertiary/aromatic N) is 2. The topological polar surface area (TPSA) is 27.1 Å². The maximum Gasteiger partial charge on any atom is 0.153 e. The molecule has 0 bridgehead atoms. The van der Waals surface area contributed by atoms with E-state index in [0.29, 0.717) is 30.2 Å². The van der Waals surface area contributed by atoms with E-state index < -0.39 is 11.6 Å². The van der Waals surface area contributed by atoms with Crippen LogP contribution in [0.2, 0.25) is 0 Å². The van der Waals surface area contributed by atoms with Crippen molar-refractivity contribution in [3.8, 4) is 0 Å². The molecule has 1 aromatic carbocycles. The van der Waals surface area contributed by atoms with Crippen LogP contribution in [-0.2, 0) is 11.2 Å². The average molecular weight is 317 g/mol. The Bertz CT molecular complexity index is 609. The van der Waals surface area contributed by atoms with E-state index in [0.717, 1.165) is 18.9 Å². The van der Waals surface area contributed by atoms with Gasteiger partial charge in [0.2, 0.25) is 0 Å². The molecule has 0 aliphatic carbocycles. The SMILES string of the molecule is CCCC(COC)n1c(CCCl)nc2c(F)cc(F)cc21. The Balaban J connectivity index is 2.63. The molecule has 0 saturated heterocycles. The summed E-state index contributed by atoms with van der Waals surface area (Å²) in [5.41, 5.74) is 0.650. The van der Waals surface area contributed by atoms with E-state index in [9.17, 15) is 8.78 Å². The summed E-state index contributed by atoms with van der Waals surface area (Å²) >= 11 is 5.81. The van der Waals surface area contributed by atoms with Crippen LogP contribution in [0.25, 0.3) is 11.0 Å². The van der Waals surface area contributed by atoms with E-state index in [4.69, 9.17) is 16.3 Å². The van der Waals surface area contributed by atoms with Crippen molar-refractivity contribution in [2.24, 2.45) is 0 Å². The van der Waals surface area contributed by atoms with Crippen molar-refractivity contribution in [2.45, 2.75) is 32.2 Å². The first kappa shape index (κ1) is 16.2. The molecule has 21 heavy (non-hydrogen) atoms. The van der Waals surface area contributed by atoms with Crippen molar-refractivity contribution in [2.75, 3.05) is 19.6 Å². The van der Waals surface area contributed by atoms with E-state index >= 15 is 0 Å². The summed E-state index contributed by atoms with van der Waals surface area (Å²) in [7, 11) is 1.62. The standard InChI is InChI=1S/C15H19ClF2N2O/c1-3-4-11(9-21-2)20-13-8-10(17)7-12(18)15(13)19-14(20)5-6-16/h7-8,11H,3-6,9H2,1-2H3. The molecule has 1 aromatic heterocycles. The van der Waals surface area contributed by atoms with Crippen LogP contribution in [0.15, 0.2) is 12.1 Å². The minimum atomic E-state index is -0.646. The number of fused-ring (bicyclic) bond motifs is 1. The van der Waals surface area contributed by atoms with E-state index in [1.54, 1.807) is 7.11 Å². The maximum absolute atomic E-state index is 13.9. The Labute approximate surface area is 127 Å². The highest BCUT2D eigenvalue weighted by Gasteiger charge is 2.21. The Morgan fingerprint density at radius 1 is 1.38 bits per heavy atom. The van der Waals surface area contributed by atoms with Crippen molar-refractivity contribution in [3.63, 3.8) is 0 Å². The third kappa shape index (κ3) is 3.35. The molecule has 0 amide bonds. The number of aromatic nitrogens is 2. The lowest BCUT2D eigenvalue weighted by Crippen LogP contribution is -2.17. The molecule has 2 aromatic rings. The van der Waals surface area contributed by atoms with Crippen molar-refractivity contribution in [1.29, 1.82) is 0 Å². The summed E-state index contributed by atoms with van der Waals surface area (Å²) in [6.07, 6.45) is 2.28. The fourth-order valence-corrected chi connectivity index (χ4v) is 2.82. The summed E-state index contributed by atoms with van der Waals surface area (Å²) in [4.78, 5) is 4.31. The van der Waals surface area contributed by atoms with Gasteiger partial charge < -0.3 is 9.30 Å². The van der Waals surface area contributed by atoms with Crippen molar-refractivity contribution < 1.29 is 13.5 Å². The fraction of sp³-hybridized carbons (Fsp3) is 0.533. The average Bonchev–Trinajstić information content (AvgIpc) is 2.77. The molecular formula is C15H19ClF2N2O. The van der Waals surface area contributed by atoms with Gasteiger partial charge in [-0.2, -0.15) is 0 Å². The van der Waals surface area contributed by atoms with Gasteiger partial charge in [-0.25, -0.2) is 13.8 Å². The van der Waals surface area contributed by atoms with Crippen LogP contribution in [0, 0.1) is 11.6 Å². The first-order valence-electron chi connectivity index (χ1n) is 7.03. The maximum atomic E-state index is 13.9. The third-order valence-corrected chi connectivity index (χ3v) is 3.64. The van der Waals surface area contributed by atoms with Gasteiger partial charge in [0.15, 0.2) is 5.82 Å². The van der Waals surface area contributed by atoms with Crippen LogP contribution in [-0.4, -0.2) is 29.1 Å². The summed E-state index contributed by atoms with van der Waals surface area (Å²) in [5.74, 6) is -0.210. The summed E-state index contributed by atoms with van der Waals surface area (Å²) in [6.45, 7) is 2.52. The molecule has 0 aliphatic heterocycles. The Kier molecular flexibility index (Phi) is 5.53. The molecule has 0 fully saturated rings. The number of rotatable bonds is 7. The molecule has 6 heteroatoms. The minimum absolute atomic E-state index is 0.00980. The molecule has 3 nitrogen and oxygen atoms in total. The first-order chi connectivity index (χ1) is 10.1. The van der Waals surface area contributed by atoms with Gasteiger partial charge in [0.25, 0.3) is 0 Å². The van der Waals surface area contributed by atoms with Crippen LogP contribution in [0.1, 0.15) is 31.6 Å². The smallest absolute Gasteiger partial charge is 0.153 e. The number of halogens is 3. The number of aryl methyl sites for hydroxylation is 1. The van der Waals surface area contributed by atoms with Gasteiger partial charge in [-0.3, -0.25) is 0 Å². The first-order valence-corrected chi connectivity index (χ1v) is 7.56. The number of imidazole rings is 1. The highest BCUT2D eigenvalue weighted by molar-refractivity contribution is 6.17. The molecule has 0 spiro atoms. The lowest BCUT2D eigenvalue weighted by atomic mass is 10.1. The van der Waals surface area contributed by atoms with Gasteiger partial charge in [0, 0.05) is 25.5 Å². The molecule has 2 rings (SSSR count).